The molecule has 0 radical (unpaired) electrons. The number of hydrogen-bond acceptors (Lipinski definition) is 2. The van der Waals surface area contributed by atoms with Gasteiger partial charge in [-0.15, -0.1) is 0 Å². The second-order valence-electron chi connectivity index (χ2n) is 5.12. The van der Waals surface area contributed by atoms with Crippen molar-refractivity contribution in [2.75, 3.05) is 5.32 Å². The summed E-state index contributed by atoms with van der Waals surface area (Å²) >= 11 is 12.0. The molecule has 116 valence electrons. The maximum atomic E-state index is 12.2. The fourth-order valence-corrected chi connectivity index (χ4v) is 2.36. The summed E-state index contributed by atoms with van der Waals surface area (Å²) in [6.07, 6.45) is -0.656. The van der Waals surface area contributed by atoms with Crippen LogP contribution in [-0.4, -0.2) is 12.0 Å². The van der Waals surface area contributed by atoms with Crippen molar-refractivity contribution < 1.29 is 9.53 Å². The third-order valence-corrected chi connectivity index (χ3v) is 4.03. The molecule has 0 spiro atoms. The molecule has 5 heteroatoms. The summed E-state index contributed by atoms with van der Waals surface area (Å²) in [5.41, 5.74) is 2.60. The Balaban J connectivity index is 2.07. The van der Waals surface area contributed by atoms with E-state index in [9.17, 15) is 4.79 Å². The van der Waals surface area contributed by atoms with E-state index < -0.39 is 6.10 Å². The molecule has 0 heterocycles. The summed E-state index contributed by atoms with van der Waals surface area (Å²) < 4.78 is 5.72. The lowest BCUT2D eigenvalue weighted by molar-refractivity contribution is -0.122. The fourth-order valence-electron chi connectivity index (χ4n) is 2.01. The van der Waals surface area contributed by atoms with Crippen molar-refractivity contribution in [2.45, 2.75) is 26.9 Å². The van der Waals surface area contributed by atoms with E-state index in [0.29, 0.717) is 21.5 Å². The van der Waals surface area contributed by atoms with Crippen molar-refractivity contribution in [1.29, 1.82) is 0 Å². The van der Waals surface area contributed by atoms with Crippen LogP contribution < -0.4 is 10.1 Å². The number of nitrogens with one attached hydrogen (secondary N) is 1. The van der Waals surface area contributed by atoms with Crippen LogP contribution in [0.1, 0.15) is 18.1 Å². The van der Waals surface area contributed by atoms with E-state index in [4.69, 9.17) is 27.9 Å². The van der Waals surface area contributed by atoms with Crippen LogP contribution in [0.2, 0.25) is 10.0 Å². The van der Waals surface area contributed by atoms with Crippen molar-refractivity contribution in [1.82, 2.24) is 0 Å². The molecule has 2 aromatic carbocycles. The number of carbonyl (C=O) groups is 1. The van der Waals surface area contributed by atoms with Gasteiger partial charge in [-0.1, -0.05) is 47.0 Å². The molecule has 1 amide bonds. The van der Waals surface area contributed by atoms with Gasteiger partial charge in [0.1, 0.15) is 5.75 Å². The Bertz CT molecular complexity index is 701. The van der Waals surface area contributed by atoms with Crippen LogP contribution in [0.3, 0.4) is 0 Å². The summed E-state index contributed by atoms with van der Waals surface area (Å²) in [6, 6.07) is 10.9. The molecule has 22 heavy (non-hydrogen) atoms. The van der Waals surface area contributed by atoms with E-state index in [1.807, 2.05) is 32.0 Å². The van der Waals surface area contributed by atoms with Crippen LogP contribution in [0.5, 0.6) is 5.75 Å². The summed E-state index contributed by atoms with van der Waals surface area (Å²) in [4.78, 5) is 12.2. The Morgan fingerprint density at radius 3 is 2.59 bits per heavy atom. The SMILES string of the molecule is Cc1ccc(OC(C)C(=O)Nc2cccc(Cl)c2Cl)c(C)c1. The lowest BCUT2D eigenvalue weighted by atomic mass is 10.1. The molecule has 0 saturated heterocycles. The first-order chi connectivity index (χ1) is 10.4. The van der Waals surface area contributed by atoms with E-state index in [1.54, 1.807) is 25.1 Å². The van der Waals surface area contributed by atoms with Crippen molar-refractivity contribution in [3.05, 3.63) is 57.6 Å². The quantitative estimate of drug-likeness (QED) is 0.850. The maximum absolute atomic E-state index is 12.2. The minimum atomic E-state index is -0.656. The van der Waals surface area contributed by atoms with E-state index in [2.05, 4.69) is 5.32 Å². The van der Waals surface area contributed by atoms with Crippen LogP contribution in [0, 0.1) is 13.8 Å². The summed E-state index contributed by atoms with van der Waals surface area (Å²) in [7, 11) is 0. The predicted octanol–water partition coefficient (Wildman–Crippen LogP) is 5.02. The molecule has 1 atom stereocenters. The van der Waals surface area contributed by atoms with Gasteiger partial charge in [0.15, 0.2) is 6.10 Å². The Labute approximate surface area is 140 Å². The highest BCUT2D eigenvalue weighted by Crippen LogP contribution is 2.29. The number of carbonyl (C=O) groups excluding carboxylic acids is 1. The average molecular weight is 338 g/mol. The predicted molar refractivity (Wildman–Crippen MR) is 91.1 cm³/mol. The minimum Gasteiger partial charge on any atom is -0.481 e. The van der Waals surface area contributed by atoms with Gasteiger partial charge in [0.25, 0.3) is 5.91 Å². The molecule has 2 aromatic rings. The number of amides is 1. The molecule has 0 aliphatic heterocycles. The molecule has 2 rings (SSSR count). The third kappa shape index (κ3) is 3.93. The van der Waals surface area contributed by atoms with Crippen LogP contribution >= 0.6 is 23.2 Å². The topological polar surface area (TPSA) is 38.3 Å². The fraction of sp³-hybridized carbons (Fsp3) is 0.235. The highest BCUT2D eigenvalue weighted by atomic mass is 35.5. The molecule has 0 fully saturated rings. The highest BCUT2D eigenvalue weighted by molar-refractivity contribution is 6.44. The van der Waals surface area contributed by atoms with E-state index >= 15 is 0 Å². The van der Waals surface area contributed by atoms with Gasteiger partial charge in [0.2, 0.25) is 0 Å². The smallest absolute Gasteiger partial charge is 0.265 e. The van der Waals surface area contributed by atoms with E-state index in [1.165, 1.54) is 0 Å². The summed E-state index contributed by atoms with van der Waals surface area (Å²) in [5.74, 6) is 0.398. The number of rotatable bonds is 4. The molecule has 3 nitrogen and oxygen atoms in total. The molecule has 1 N–H and O–H groups in total. The van der Waals surface area contributed by atoms with E-state index in [-0.39, 0.29) is 5.91 Å². The van der Waals surface area contributed by atoms with Crippen LogP contribution in [0.25, 0.3) is 0 Å². The van der Waals surface area contributed by atoms with Gasteiger partial charge >= 0.3 is 0 Å². The molecule has 0 aromatic heterocycles. The molecule has 0 aliphatic carbocycles. The number of anilines is 1. The zero-order chi connectivity index (χ0) is 16.3. The second-order valence-corrected chi connectivity index (χ2v) is 5.90. The average Bonchev–Trinajstić information content (AvgIpc) is 2.46. The van der Waals surface area contributed by atoms with Gasteiger partial charge in [0, 0.05) is 0 Å². The van der Waals surface area contributed by atoms with Gasteiger partial charge in [0.05, 0.1) is 15.7 Å². The normalized spacial score (nSPS) is 11.9. The van der Waals surface area contributed by atoms with Crippen molar-refractivity contribution in [3.8, 4) is 5.75 Å². The highest BCUT2D eigenvalue weighted by Gasteiger charge is 2.17. The molecular weight excluding hydrogens is 321 g/mol. The number of benzene rings is 2. The van der Waals surface area contributed by atoms with E-state index in [0.717, 1.165) is 11.1 Å². The molecule has 1 unspecified atom stereocenters. The first kappa shape index (κ1) is 16.7. The summed E-state index contributed by atoms with van der Waals surface area (Å²) in [5, 5.41) is 3.43. The lowest BCUT2D eigenvalue weighted by Crippen LogP contribution is -2.30. The van der Waals surface area contributed by atoms with Gasteiger partial charge in [-0.2, -0.15) is 0 Å². The first-order valence-electron chi connectivity index (χ1n) is 6.87. The Hall–Kier alpha value is -1.71. The van der Waals surface area contributed by atoms with Crippen molar-refractivity contribution in [2.24, 2.45) is 0 Å². The van der Waals surface area contributed by atoms with Gasteiger partial charge in [-0.05, 0) is 44.5 Å². The second kappa shape index (κ2) is 7.03. The Morgan fingerprint density at radius 2 is 1.91 bits per heavy atom. The summed E-state index contributed by atoms with van der Waals surface area (Å²) in [6.45, 7) is 5.64. The standard InChI is InChI=1S/C17H17Cl2NO2/c1-10-7-8-15(11(2)9-10)22-12(3)17(21)20-14-6-4-5-13(18)16(14)19/h4-9,12H,1-3H3,(H,20,21). The molecule has 0 aliphatic rings. The number of ether oxygens (including phenoxy) is 1. The van der Waals surface area contributed by atoms with Crippen LogP contribution in [0.15, 0.2) is 36.4 Å². The first-order valence-corrected chi connectivity index (χ1v) is 7.63. The van der Waals surface area contributed by atoms with Gasteiger partial charge in [-0.25, -0.2) is 0 Å². The Kier molecular flexibility index (Phi) is 5.33. The maximum Gasteiger partial charge on any atom is 0.265 e. The Morgan fingerprint density at radius 1 is 1.18 bits per heavy atom. The molecule has 0 saturated carbocycles. The van der Waals surface area contributed by atoms with Gasteiger partial charge in [-0.3, -0.25) is 4.79 Å². The number of aryl methyl sites for hydroxylation is 2. The molecule has 0 bridgehead atoms. The van der Waals surface area contributed by atoms with Crippen molar-refractivity contribution >= 4 is 34.8 Å². The zero-order valence-corrected chi connectivity index (χ0v) is 14.1. The minimum absolute atomic E-state index is 0.288. The zero-order valence-electron chi connectivity index (χ0n) is 12.6. The third-order valence-electron chi connectivity index (χ3n) is 3.21. The lowest BCUT2D eigenvalue weighted by Gasteiger charge is -2.17. The number of halogens is 2. The van der Waals surface area contributed by atoms with Crippen LogP contribution in [-0.2, 0) is 4.79 Å². The molecular formula is C17H17Cl2NO2. The van der Waals surface area contributed by atoms with Gasteiger partial charge < -0.3 is 10.1 Å². The number of hydrogen-bond donors (Lipinski definition) is 1. The monoisotopic (exact) mass is 337 g/mol. The largest absolute Gasteiger partial charge is 0.481 e. The van der Waals surface area contributed by atoms with Crippen LogP contribution in [0.4, 0.5) is 5.69 Å². The van der Waals surface area contributed by atoms with Crippen molar-refractivity contribution in [3.63, 3.8) is 0 Å².